The Morgan fingerprint density at radius 1 is 0.455 bits per heavy atom. The summed E-state index contributed by atoms with van der Waals surface area (Å²) in [5.41, 5.74) is 4.87. The van der Waals surface area contributed by atoms with E-state index in [0.29, 0.717) is 0 Å². The van der Waals surface area contributed by atoms with Crippen molar-refractivity contribution in [2.24, 2.45) is 0 Å². The van der Waals surface area contributed by atoms with Gasteiger partial charge in [0.15, 0.2) is 0 Å². The molecule has 0 spiro atoms. The maximum absolute atomic E-state index is 2.18. The topological polar surface area (TPSA) is 0 Å². The van der Waals surface area contributed by atoms with Crippen LogP contribution in [0.5, 0.6) is 0 Å². The Bertz CT molecular complexity index is 758. The normalized spacial score (nSPS) is 31.4. The standard InChI is InChI=1S/C22H18/c1-2-7-13-19-14-8-4-5-12-18-22(21(19)17-11-3-1)20-15-9-6-10-16-20/h1-18H/b2-1-,3-1?,5-4?,7-2?,8-4-,11-3-,12-5-,13-7-,14-8?,17-11?,18-12?,19-13?,19-14-,21-17+,22-18-,22-21?. The van der Waals surface area contributed by atoms with Gasteiger partial charge < -0.3 is 0 Å². The third-order valence-corrected chi connectivity index (χ3v) is 3.54. The van der Waals surface area contributed by atoms with Crippen molar-refractivity contribution in [2.45, 2.75) is 0 Å². The van der Waals surface area contributed by atoms with Gasteiger partial charge in [-0.3, -0.25) is 0 Å². The molecule has 22 heavy (non-hydrogen) atoms. The van der Waals surface area contributed by atoms with Crippen LogP contribution < -0.4 is 0 Å². The Hall–Kier alpha value is -2.86. The molecule has 106 valence electrons. The molecule has 1 aromatic carbocycles. The van der Waals surface area contributed by atoms with Crippen molar-refractivity contribution >= 4 is 5.57 Å². The summed E-state index contributed by atoms with van der Waals surface area (Å²) >= 11 is 0. The van der Waals surface area contributed by atoms with Gasteiger partial charge in [-0.05, 0) is 22.3 Å². The highest BCUT2D eigenvalue weighted by molar-refractivity contribution is 5.86. The summed E-state index contributed by atoms with van der Waals surface area (Å²) in [5, 5.41) is 0. The molecule has 0 aliphatic heterocycles. The highest BCUT2D eigenvalue weighted by atomic mass is 14.1. The van der Waals surface area contributed by atoms with Gasteiger partial charge in [-0.25, -0.2) is 0 Å². The molecule has 2 aliphatic carbocycles. The van der Waals surface area contributed by atoms with E-state index in [9.17, 15) is 0 Å². The van der Waals surface area contributed by atoms with Crippen molar-refractivity contribution in [1.82, 2.24) is 0 Å². The summed E-state index contributed by atoms with van der Waals surface area (Å²) in [4.78, 5) is 0. The van der Waals surface area contributed by atoms with Gasteiger partial charge in [0.05, 0.1) is 0 Å². The molecular weight excluding hydrogens is 264 g/mol. The number of fused-ring (bicyclic) bond motifs is 1. The summed E-state index contributed by atoms with van der Waals surface area (Å²) in [5.74, 6) is 0. The van der Waals surface area contributed by atoms with Crippen LogP contribution in [0.2, 0.25) is 0 Å². The Morgan fingerprint density at radius 2 is 1.05 bits per heavy atom. The fourth-order valence-electron chi connectivity index (χ4n) is 2.48. The fourth-order valence-corrected chi connectivity index (χ4v) is 2.48. The second-order valence-corrected chi connectivity index (χ2v) is 5.05. The summed E-state index contributed by atoms with van der Waals surface area (Å²) in [6.45, 7) is 0. The number of benzene rings is 1. The molecule has 1 aromatic rings. The quantitative estimate of drug-likeness (QED) is 0.617. The maximum Gasteiger partial charge on any atom is -0.0105 e. The van der Waals surface area contributed by atoms with Crippen LogP contribution in [-0.4, -0.2) is 0 Å². The number of rotatable bonds is 1. The van der Waals surface area contributed by atoms with E-state index in [1.165, 1.54) is 22.3 Å². The maximum atomic E-state index is 2.18. The molecule has 0 atom stereocenters. The van der Waals surface area contributed by atoms with E-state index in [2.05, 4.69) is 103 Å². The molecule has 0 unspecified atom stereocenters. The second kappa shape index (κ2) is 7.24. The predicted molar refractivity (Wildman–Crippen MR) is 96.3 cm³/mol. The van der Waals surface area contributed by atoms with Gasteiger partial charge in [0, 0.05) is 0 Å². The largest absolute Gasteiger partial charge is 0.0623 e. The van der Waals surface area contributed by atoms with Crippen LogP contribution in [0.4, 0.5) is 0 Å². The molecule has 0 saturated carbocycles. The fraction of sp³-hybridized carbons (Fsp3) is 0. The molecule has 0 radical (unpaired) electrons. The van der Waals surface area contributed by atoms with Crippen molar-refractivity contribution in [3.63, 3.8) is 0 Å². The minimum absolute atomic E-state index is 1.20. The summed E-state index contributed by atoms with van der Waals surface area (Å²) in [7, 11) is 0. The molecule has 0 bridgehead atoms. The van der Waals surface area contributed by atoms with Gasteiger partial charge in [-0.1, -0.05) is 109 Å². The molecule has 3 rings (SSSR count). The molecule has 0 heteroatoms. The average molecular weight is 282 g/mol. The Labute approximate surface area is 132 Å². The number of allylic oxidation sites excluding steroid dienone is 16. The van der Waals surface area contributed by atoms with Crippen LogP contribution in [0.25, 0.3) is 5.57 Å². The van der Waals surface area contributed by atoms with Gasteiger partial charge in [-0.15, -0.1) is 0 Å². The van der Waals surface area contributed by atoms with Gasteiger partial charge >= 0.3 is 0 Å². The zero-order valence-corrected chi connectivity index (χ0v) is 12.4. The number of hydrogen-bond acceptors (Lipinski definition) is 0. The van der Waals surface area contributed by atoms with Crippen LogP contribution in [0.15, 0.2) is 120 Å². The highest BCUT2D eigenvalue weighted by Crippen LogP contribution is 2.30. The zero-order chi connectivity index (χ0) is 15.0. The van der Waals surface area contributed by atoms with E-state index in [0.717, 1.165) is 0 Å². The lowest BCUT2D eigenvalue weighted by molar-refractivity contribution is 1.51. The van der Waals surface area contributed by atoms with Crippen molar-refractivity contribution in [2.75, 3.05) is 0 Å². The van der Waals surface area contributed by atoms with Crippen LogP contribution in [0, 0.1) is 0 Å². The lowest BCUT2D eigenvalue weighted by atomic mass is 9.91. The second-order valence-electron chi connectivity index (χ2n) is 5.05. The lowest BCUT2D eigenvalue weighted by Crippen LogP contribution is -1.93. The van der Waals surface area contributed by atoms with E-state index < -0.39 is 0 Å². The predicted octanol–water partition coefficient (Wildman–Crippen LogP) is 5.73. The van der Waals surface area contributed by atoms with Gasteiger partial charge in [0.2, 0.25) is 0 Å². The molecule has 0 fully saturated rings. The SMILES string of the molecule is C1=C\C=C/C2=C/C=C\C=C/C=C(c3ccccc3)\C2=C\C=C/1. The van der Waals surface area contributed by atoms with E-state index in [1.54, 1.807) is 0 Å². The first-order chi connectivity index (χ1) is 10.9. The highest BCUT2D eigenvalue weighted by Gasteiger charge is 2.10. The van der Waals surface area contributed by atoms with Crippen molar-refractivity contribution in [3.05, 3.63) is 126 Å². The molecule has 0 nitrogen and oxygen atoms in total. The molecule has 0 amide bonds. The molecule has 0 aromatic heterocycles. The van der Waals surface area contributed by atoms with E-state index in [4.69, 9.17) is 0 Å². The van der Waals surface area contributed by atoms with Crippen molar-refractivity contribution in [3.8, 4) is 0 Å². The van der Waals surface area contributed by atoms with Gasteiger partial charge in [0.1, 0.15) is 0 Å². The molecule has 2 aliphatic rings. The smallest absolute Gasteiger partial charge is 0.0105 e. The number of hydrogen-bond donors (Lipinski definition) is 0. The average Bonchev–Trinajstić information content (AvgIpc) is 2.73. The van der Waals surface area contributed by atoms with Crippen LogP contribution in [0.3, 0.4) is 0 Å². The first-order valence-electron chi connectivity index (χ1n) is 7.48. The zero-order valence-electron chi connectivity index (χ0n) is 12.4. The molecule has 0 saturated heterocycles. The summed E-state index contributed by atoms with van der Waals surface area (Å²) < 4.78 is 0. The monoisotopic (exact) mass is 282 g/mol. The van der Waals surface area contributed by atoms with Crippen LogP contribution in [-0.2, 0) is 0 Å². The Morgan fingerprint density at radius 3 is 1.82 bits per heavy atom. The van der Waals surface area contributed by atoms with Gasteiger partial charge in [-0.2, -0.15) is 0 Å². The molecular formula is C22H18. The van der Waals surface area contributed by atoms with Crippen LogP contribution in [0.1, 0.15) is 5.56 Å². The van der Waals surface area contributed by atoms with E-state index in [1.807, 2.05) is 6.08 Å². The van der Waals surface area contributed by atoms with E-state index in [-0.39, 0.29) is 0 Å². The Balaban J connectivity index is 2.18. The molecule has 0 N–H and O–H groups in total. The van der Waals surface area contributed by atoms with E-state index >= 15 is 0 Å². The molecule has 0 heterocycles. The van der Waals surface area contributed by atoms with Crippen molar-refractivity contribution < 1.29 is 0 Å². The van der Waals surface area contributed by atoms with Crippen molar-refractivity contribution in [1.29, 1.82) is 0 Å². The van der Waals surface area contributed by atoms with Gasteiger partial charge in [0.25, 0.3) is 0 Å². The lowest BCUT2D eigenvalue weighted by Gasteiger charge is -2.13. The minimum Gasteiger partial charge on any atom is -0.0623 e. The van der Waals surface area contributed by atoms with Crippen LogP contribution >= 0.6 is 0 Å². The minimum atomic E-state index is 1.20. The first-order valence-corrected chi connectivity index (χ1v) is 7.48. The summed E-state index contributed by atoms with van der Waals surface area (Å²) in [6, 6.07) is 10.5. The summed E-state index contributed by atoms with van der Waals surface area (Å²) in [6.07, 6.45) is 27.3. The third-order valence-electron chi connectivity index (χ3n) is 3.54. The third kappa shape index (κ3) is 3.42. The first kappa shape index (κ1) is 14.1. The Kier molecular flexibility index (Phi) is 4.63.